The van der Waals surface area contributed by atoms with Gasteiger partial charge in [-0.3, -0.25) is 4.79 Å². The van der Waals surface area contributed by atoms with Crippen LogP contribution in [0.25, 0.3) is 0 Å². The van der Waals surface area contributed by atoms with Gasteiger partial charge in [-0.15, -0.1) is 0 Å². The highest BCUT2D eigenvalue weighted by molar-refractivity contribution is 7.89. The Morgan fingerprint density at radius 2 is 1.88 bits per heavy atom. The predicted octanol–water partition coefficient (Wildman–Crippen LogP) is 2.74. The maximum absolute atomic E-state index is 12.3. The highest BCUT2D eigenvalue weighted by Crippen LogP contribution is 2.15. The maximum Gasteiger partial charge on any atom is 0.255 e. The molecular formula is C18H19N3O3S. The number of nitriles is 1. The van der Waals surface area contributed by atoms with Crippen molar-refractivity contribution < 1.29 is 13.2 Å². The van der Waals surface area contributed by atoms with Gasteiger partial charge in [0.1, 0.15) is 0 Å². The van der Waals surface area contributed by atoms with Crippen molar-refractivity contribution in [1.29, 1.82) is 5.26 Å². The zero-order valence-electron chi connectivity index (χ0n) is 14.0. The average molecular weight is 357 g/mol. The van der Waals surface area contributed by atoms with Crippen LogP contribution >= 0.6 is 0 Å². The number of hydrogen-bond donors (Lipinski definition) is 2. The van der Waals surface area contributed by atoms with Crippen molar-refractivity contribution in [2.75, 3.05) is 11.9 Å². The summed E-state index contributed by atoms with van der Waals surface area (Å²) in [5.41, 5.74) is 1.11. The first kappa shape index (κ1) is 18.6. The van der Waals surface area contributed by atoms with Crippen LogP contribution in [-0.2, 0) is 10.0 Å². The van der Waals surface area contributed by atoms with Crippen LogP contribution in [0.3, 0.4) is 0 Å². The van der Waals surface area contributed by atoms with Gasteiger partial charge >= 0.3 is 0 Å². The normalized spacial score (nSPS) is 11.1. The molecule has 25 heavy (non-hydrogen) atoms. The van der Waals surface area contributed by atoms with E-state index < -0.39 is 15.9 Å². The molecule has 0 saturated carbocycles. The Morgan fingerprint density at radius 1 is 1.16 bits per heavy atom. The zero-order chi connectivity index (χ0) is 18.4. The van der Waals surface area contributed by atoms with Gasteiger partial charge in [-0.1, -0.05) is 26.0 Å². The number of hydrogen-bond acceptors (Lipinski definition) is 4. The van der Waals surface area contributed by atoms with E-state index in [4.69, 9.17) is 5.26 Å². The molecule has 2 aromatic carbocycles. The topological polar surface area (TPSA) is 99.1 Å². The summed E-state index contributed by atoms with van der Waals surface area (Å²) < 4.78 is 27.1. The third kappa shape index (κ3) is 5.14. The molecule has 0 saturated heterocycles. The lowest BCUT2D eigenvalue weighted by atomic mass is 10.2. The molecule has 0 heterocycles. The lowest BCUT2D eigenvalue weighted by molar-refractivity contribution is 0.102. The van der Waals surface area contributed by atoms with E-state index >= 15 is 0 Å². The second-order valence-corrected chi connectivity index (χ2v) is 7.69. The first-order chi connectivity index (χ1) is 11.8. The molecule has 0 atom stereocenters. The molecule has 0 aliphatic carbocycles. The second-order valence-electron chi connectivity index (χ2n) is 5.92. The summed E-state index contributed by atoms with van der Waals surface area (Å²) in [5, 5.41) is 11.5. The number of carbonyl (C=O) groups is 1. The van der Waals surface area contributed by atoms with E-state index in [9.17, 15) is 13.2 Å². The first-order valence-corrected chi connectivity index (χ1v) is 9.21. The minimum absolute atomic E-state index is 0.0339. The van der Waals surface area contributed by atoms with Crippen LogP contribution in [0.1, 0.15) is 29.8 Å². The van der Waals surface area contributed by atoms with Crippen molar-refractivity contribution in [2.24, 2.45) is 5.92 Å². The summed E-state index contributed by atoms with van der Waals surface area (Å²) in [7, 11) is -3.67. The van der Waals surface area contributed by atoms with Gasteiger partial charge in [0.25, 0.3) is 5.91 Å². The minimum Gasteiger partial charge on any atom is -0.322 e. The summed E-state index contributed by atoms with van der Waals surface area (Å²) >= 11 is 0. The smallest absolute Gasteiger partial charge is 0.255 e. The number of rotatable bonds is 6. The molecule has 7 heteroatoms. The lowest BCUT2D eigenvalue weighted by Crippen LogP contribution is -2.27. The number of nitrogens with zero attached hydrogens (tertiary/aromatic N) is 1. The molecule has 1 amide bonds. The van der Waals surface area contributed by atoms with Gasteiger partial charge in [-0.2, -0.15) is 5.26 Å². The van der Waals surface area contributed by atoms with Crippen LogP contribution in [0, 0.1) is 17.2 Å². The molecule has 6 nitrogen and oxygen atoms in total. The third-order valence-electron chi connectivity index (χ3n) is 3.34. The molecule has 2 aromatic rings. The largest absolute Gasteiger partial charge is 0.322 e. The van der Waals surface area contributed by atoms with Crippen molar-refractivity contribution in [3.05, 3.63) is 59.7 Å². The van der Waals surface area contributed by atoms with Crippen molar-refractivity contribution in [3.63, 3.8) is 0 Å². The van der Waals surface area contributed by atoms with Crippen molar-refractivity contribution in [3.8, 4) is 6.07 Å². The van der Waals surface area contributed by atoms with Gasteiger partial charge in [0, 0.05) is 17.8 Å². The molecule has 0 bridgehead atoms. The van der Waals surface area contributed by atoms with Crippen LogP contribution in [0.2, 0.25) is 0 Å². The van der Waals surface area contributed by atoms with E-state index in [0.29, 0.717) is 17.8 Å². The fourth-order valence-corrected chi connectivity index (χ4v) is 3.29. The molecule has 0 aromatic heterocycles. The number of benzene rings is 2. The monoisotopic (exact) mass is 357 g/mol. The zero-order valence-corrected chi connectivity index (χ0v) is 14.8. The van der Waals surface area contributed by atoms with Gasteiger partial charge in [-0.05, 0) is 42.3 Å². The van der Waals surface area contributed by atoms with Gasteiger partial charge in [0.15, 0.2) is 0 Å². The Bertz CT molecular complexity index is 915. The Kier molecular flexibility index (Phi) is 5.91. The van der Waals surface area contributed by atoms with Gasteiger partial charge < -0.3 is 5.32 Å². The fourth-order valence-electron chi connectivity index (χ4n) is 2.03. The number of anilines is 1. The Morgan fingerprint density at radius 3 is 2.56 bits per heavy atom. The van der Waals surface area contributed by atoms with Crippen molar-refractivity contribution in [2.45, 2.75) is 18.7 Å². The van der Waals surface area contributed by atoms with Crippen LogP contribution in [0.15, 0.2) is 53.4 Å². The van der Waals surface area contributed by atoms with E-state index in [1.807, 2.05) is 19.9 Å². The summed E-state index contributed by atoms with van der Waals surface area (Å²) in [5.74, 6) is -0.273. The SMILES string of the molecule is CC(C)CNS(=O)(=O)c1cccc(C(=O)Nc2cccc(C#N)c2)c1. The molecule has 0 aliphatic heterocycles. The molecule has 0 radical (unpaired) electrons. The van der Waals surface area contributed by atoms with Crippen molar-refractivity contribution in [1.82, 2.24) is 4.72 Å². The minimum atomic E-state index is -3.67. The van der Waals surface area contributed by atoms with Crippen LogP contribution in [0.5, 0.6) is 0 Å². The number of sulfonamides is 1. The molecular weight excluding hydrogens is 338 g/mol. The van der Waals surface area contributed by atoms with Gasteiger partial charge in [-0.25, -0.2) is 13.1 Å². The van der Waals surface area contributed by atoms with E-state index in [1.54, 1.807) is 24.3 Å². The van der Waals surface area contributed by atoms with Gasteiger partial charge in [0.2, 0.25) is 10.0 Å². The molecule has 0 fully saturated rings. The van der Waals surface area contributed by atoms with Gasteiger partial charge in [0.05, 0.1) is 16.5 Å². The number of nitrogens with one attached hydrogen (secondary N) is 2. The van der Waals surface area contributed by atoms with Crippen molar-refractivity contribution >= 4 is 21.6 Å². The molecule has 130 valence electrons. The first-order valence-electron chi connectivity index (χ1n) is 7.73. The molecule has 0 aliphatic rings. The quantitative estimate of drug-likeness (QED) is 0.830. The second kappa shape index (κ2) is 7.92. The van der Waals surface area contributed by atoms with Crippen LogP contribution in [-0.4, -0.2) is 20.9 Å². The molecule has 2 N–H and O–H groups in total. The van der Waals surface area contributed by atoms with E-state index in [-0.39, 0.29) is 16.4 Å². The van der Waals surface area contributed by atoms with E-state index in [2.05, 4.69) is 10.0 Å². The maximum atomic E-state index is 12.3. The molecule has 0 unspecified atom stereocenters. The summed E-state index contributed by atoms with van der Waals surface area (Å²) in [6.07, 6.45) is 0. The van der Waals surface area contributed by atoms with Crippen LogP contribution in [0.4, 0.5) is 5.69 Å². The molecule has 0 spiro atoms. The van der Waals surface area contributed by atoms with E-state index in [0.717, 1.165) is 0 Å². The summed E-state index contributed by atoms with van der Waals surface area (Å²) in [6, 6.07) is 14.3. The Hall–Kier alpha value is -2.69. The van der Waals surface area contributed by atoms with E-state index in [1.165, 1.54) is 24.3 Å². The number of carbonyl (C=O) groups excluding carboxylic acids is 1. The molecule has 2 rings (SSSR count). The summed E-state index contributed by atoms with van der Waals surface area (Å²) in [6.45, 7) is 4.13. The number of amides is 1. The fraction of sp³-hybridized carbons (Fsp3) is 0.222. The average Bonchev–Trinajstić information content (AvgIpc) is 2.60. The summed E-state index contributed by atoms with van der Waals surface area (Å²) in [4.78, 5) is 12.4. The highest BCUT2D eigenvalue weighted by atomic mass is 32.2. The van der Waals surface area contributed by atoms with Crippen LogP contribution < -0.4 is 10.0 Å². The predicted molar refractivity (Wildman–Crippen MR) is 95.6 cm³/mol. The Balaban J connectivity index is 2.20. The highest BCUT2D eigenvalue weighted by Gasteiger charge is 2.16. The standard InChI is InChI=1S/C18H19N3O3S/c1-13(2)12-20-25(23,24)17-8-4-6-15(10-17)18(22)21-16-7-3-5-14(9-16)11-19/h3-10,13,20H,12H2,1-2H3,(H,21,22). The Labute approximate surface area is 147 Å². The lowest BCUT2D eigenvalue weighted by Gasteiger charge is -2.10. The third-order valence-corrected chi connectivity index (χ3v) is 4.76.